The number of esters is 1. The van der Waals surface area contributed by atoms with Gasteiger partial charge in [-0.3, -0.25) is 9.69 Å². The van der Waals surface area contributed by atoms with Gasteiger partial charge in [-0.15, -0.1) is 0 Å². The number of hydrogen-bond acceptors (Lipinski definition) is 7. The summed E-state index contributed by atoms with van der Waals surface area (Å²) in [6.07, 6.45) is 18.7. The normalized spacial score (nSPS) is 32.3. The van der Waals surface area contributed by atoms with Gasteiger partial charge in [-0.2, -0.15) is 0 Å². The number of rotatable bonds is 10. The Morgan fingerprint density at radius 3 is 2.52 bits per heavy atom. The van der Waals surface area contributed by atoms with E-state index >= 15 is 0 Å². The van der Waals surface area contributed by atoms with E-state index in [0.717, 1.165) is 83.5 Å². The summed E-state index contributed by atoms with van der Waals surface area (Å²) >= 11 is 0. The molecule has 0 radical (unpaired) electrons. The van der Waals surface area contributed by atoms with Gasteiger partial charge in [0.1, 0.15) is 12.2 Å². The van der Waals surface area contributed by atoms with Crippen LogP contribution in [-0.2, 0) is 23.7 Å². The van der Waals surface area contributed by atoms with E-state index in [2.05, 4.69) is 63.8 Å². The molecule has 0 aromatic rings. The standard InChI is InChI=1S/C38H62N2O6/c1-7-11-29(4)37-34(44-37)26-27(2)12-10-14-30(5)36-31(6)16-17-33(28(3)13-8-9-15-35(41)46-36)45-38(42)40-20-18-32(19-21-40)39-22-24-43-25-23-39/h10,12,14,16-17,27-29,31-34,36-37H,7-9,11,13,15,18-26H2,1-6H3. The molecule has 0 saturated carbocycles. The van der Waals surface area contributed by atoms with E-state index in [1.807, 2.05) is 17.9 Å². The number of morpholine rings is 1. The number of allylic oxidation sites excluding steroid dienone is 3. The van der Waals surface area contributed by atoms with Crippen LogP contribution in [0.2, 0.25) is 0 Å². The van der Waals surface area contributed by atoms with Gasteiger partial charge in [-0.05, 0) is 74.9 Å². The molecular weight excluding hydrogens is 580 g/mol. The Balaban J connectivity index is 1.34. The second-order valence-electron chi connectivity index (χ2n) is 14.5. The first-order chi connectivity index (χ1) is 22.2. The van der Waals surface area contributed by atoms with Crippen molar-refractivity contribution in [2.45, 2.75) is 130 Å². The predicted octanol–water partition coefficient (Wildman–Crippen LogP) is 7.33. The number of carbonyl (C=O) groups is 2. The number of piperidine rings is 1. The molecule has 3 saturated heterocycles. The quantitative estimate of drug-likeness (QED) is 0.107. The molecule has 8 nitrogen and oxygen atoms in total. The number of hydrogen-bond donors (Lipinski definition) is 0. The highest BCUT2D eigenvalue weighted by Crippen LogP contribution is 2.36. The van der Waals surface area contributed by atoms with E-state index in [1.165, 1.54) is 12.8 Å². The van der Waals surface area contributed by atoms with Crippen LogP contribution in [0.4, 0.5) is 4.79 Å². The van der Waals surface area contributed by atoms with Crippen molar-refractivity contribution < 1.29 is 28.5 Å². The highest BCUT2D eigenvalue weighted by atomic mass is 16.6. The van der Waals surface area contributed by atoms with Crippen LogP contribution < -0.4 is 0 Å². The molecule has 0 aliphatic carbocycles. The summed E-state index contributed by atoms with van der Waals surface area (Å²) in [5.74, 6) is 0.983. The van der Waals surface area contributed by atoms with Crippen LogP contribution in [0.5, 0.6) is 0 Å². The fraction of sp³-hybridized carbons (Fsp3) is 0.789. The van der Waals surface area contributed by atoms with Gasteiger partial charge in [-0.25, -0.2) is 4.79 Å². The number of ether oxygens (including phenoxy) is 4. The van der Waals surface area contributed by atoms with Crippen LogP contribution in [0.3, 0.4) is 0 Å². The molecule has 1 amide bonds. The molecule has 4 aliphatic rings. The van der Waals surface area contributed by atoms with Crippen molar-refractivity contribution in [3.63, 3.8) is 0 Å². The molecule has 260 valence electrons. The average Bonchev–Trinajstić information content (AvgIpc) is 3.82. The van der Waals surface area contributed by atoms with Crippen molar-refractivity contribution in [3.05, 3.63) is 36.0 Å². The minimum absolute atomic E-state index is 0.0659. The third kappa shape index (κ3) is 11.2. The SMILES string of the molecule is CCCC(C)C1OC1CC(C)C=CC=C(C)C1OC(=O)CCCCC(C)C(OC(=O)N2CCC(N3CCOCC3)CC2)C=CC1C. The molecule has 46 heavy (non-hydrogen) atoms. The minimum atomic E-state index is -0.375. The smallest absolute Gasteiger partial charge is 0.410 e. The highest BCUT2D eigenvalue weighted by Gasteiger charge is 2.42. The van der Waals surface area contributed by atoms with Crippen molar-refractivity contribution in [2.75, 3.05) is 39.4 Å². The summed E-state index contributed by atoms with van der Waals surface area (Å²) in [4.78, 5) is 30.5. The number of cyclic esters (lactones) is 1. The Labute approximate surface area is 278 Å². The Bertz CT molecular complexity index is 1040. The topological polar surface area (TPSA) is 80.8 Å². The largest absolute Gasteiger partial charge is 0.457 e. The zero-order valence-corrected chi connectivity index (χ0v) is 29.5. The fourth-order valence-corrected chi connectivity index (χ4v) is 7.40. The van der Waals surface area contributed by atoms with Gasteiger partial charge in [-0.1, -0.05) is 71.8 Å². The first-order valence-electron chi connectivity index (χ1n) is 18.3. The highest BCUT2D eigenvalue weighted by molar-refractivity contribution is 5.70. The van der Waals surface area contributed by atoms with Gasteiger partial charge < -0.3 is 23.8 Å². The fourth-order valence-electron chi connectivity index (χ4n) is 7.40. The van der Waals surface area contributed by atoms with Gasteiger partial charge in [0.15, 0.2) is 0 Å². The number of carbonyl (C=O) groups excluding carboxylic acids is 2. The number of amides is 1. The summed E-state index contributed by atoms with van der Waals surface area (Å²) in [5, 5.41) is 0. The Hall–Kier alpha value is -2.16. The third-order valence-corrected chi connectivity index (χ3v) is 10.5. The Morgan fingerprint density at radius 1 is 1.07 bits per heavy atom. The summed E-state index contributed by atoms with van der Waals surface area (Å²) in [7, 11) is 0. The molecule has 8 unspecified atom stereocenters. The van der Waals surface area contributed by atoms with Crippen molar-refractivity contribution in [1.82, 2.24) is 9.80 Å². The van der Waals surface area contributed by atoms with Crippen LogP contribution in [0.15, 0.2) is 36.0 Å². The molecule has 0 spiro atoms. The van der Waals surface area contributed by atoms with Gasteiger partial charge >= 0.3 is 12.1 Å². The minimum Gasteiger partial charge on any atom is -0.457 e. The molecular formula is C38H62N2O6. The molecule has 3 fully saturated rings. The lowest BCUT2D eigenvalue weighted by Crippen LogP contribution is -2.50. The van der Waals surface area contributed by atoms with E-state index in [9.17, 15) is 9.59 Å². The zero-order valence-electron chi connectivity index (χ0n) is 29.5. The second kappa shape index (κ2) is 18.4. The predicted molar refractivity (Wildman–Crippen MR) is 182 cm³/mol. The van der Waals surface area contributed by atoms with E-state index in [-0.39, 0.29) is 36.1 Å². The first-order valence-corrected chi connectivity index (χ1v) is 18.3. The summed E-state index contributed by atoms with van der Waals surface area (Å²) < 4.78 is 23.7. The van der Waals surface area contributed by atoms with Crippen LogP contribution >= 0.6 is 0 Å². The first kappa shape index (κ1) is 36.7. The zero-order chi connectivity index (χ0) is 33.1. The van der Waals surface area contributed by atoms with Gasteiger partial charge in [0.25, 0.3) is 0 Å². The molecule has 4 heterocycles. The van der Waals surface area contributed by atoms with E-state index in [4.69, 9.17) is 18.9 Å². The number of likely N-dealkylation sites (tertiary alicyclic amines) is 1. The summed E-state index contributed by atoms with van der Waals surface area (Å²) in [6.45, 7) is 18.0. The lowest BCUT2D eigenvalue weighted by molar-refractivity contribution is -0.148. The van der Waals surface area contributed by atoms with Crippen LogP contribution in [0.1, 0.15) is 99.3 Å². The number of epoxide rings is 1. The van der Waals surface area contributed by atoms with Gasteiger partial charge in [0.05, 0.1) is 25.4 Å². The second-order valence-corrected chi connectivity index (χ2v) is 14.5. The van der Waals surface area contributed by atoms with Crippen LogP contribution in [-0.4, -0.2) is 91.7 Å². The number of nitrogens with zero attached hydrogens (tertiary/aromatic N) is 2. The molecule has 0 aromatic carbocycles. The average molecular weight is 643 g/mol. The maximum Gasteiger partial charge on any atom is 0.410 e. The molecule has 0 N–H and O–H groups in total. The molecule has 4 rings (SSSR count). The van der Waals surface area contributed by atoms with E-state index in [1.54, 1.807) is 0 Å². The Morgan fingerprint density at radius 2 is 1.80 bits per heavy atom. The van der Waals surface area contributed by atoms with Gasteiger partial charge in [0, 0.05) is 44.6 Å². The maximum atomic E-state index is 13.3. The summed E-state index contributed by atoms with van der Waals surface area (Å²) in [6, 6.07) is 0.516. The lowest BCUT2D eigenvalue weighted by atomic mass is 9.92. The molecule has 0 bridgehead atoms. The third-order valence-electron chi connectivity index (χ3n) is 10.5. The van der Waals surface area contributed by atoms with Crippen molar-refractivity contribution in [1.29, 1.82) is 0 Å². The van der Waals surface area contributed by atoms with Gasteiger partial charge in [0.2, 0.25) is 0 Å². The lowest BCUT2D eigenvalue weighted by Gasteiger charge is -2.40. The van der Waals surface area contributed by atoms with Crippen molar-refractivity contribution in [2.24, 2.45) is 23.7 Å². The van der Waals surface area contributed by atoms with E-state index < -0.39 is 0 Å². The van der Waals surface area contributed by atoms with Crippen molar-refractivity contribution >= 4 is 12.1 Å². The maximum absolute atomic E-state index is 13.3. The Kier molecular flexibility index (Phi) is 14.7. The van der Waals surface area contributed by atoms with Crippen molar-refractivity contribution in [3.8, 4) is 0 Å². The molecule has 8 atom stereocenters. The molecule has 4 aliphatic heterocycles. The van der Waals surface area contributed by atoms with Crippen LogP contribution in [0.25, 0.3) is 0 Å². The van der Waals surface area contributed by atoms with E-state index in [0.29, 0.717) is 36.5 Å². The summed E-state index contributed by atoms with van der Waals surface area (Å²) in [5.41, 5.74) is 1.01. The molecule has 0 aromatic heterocycles. The molecule has 8 heteroatoms. The van der Waals surface area contributed by atoms with Crippen LogP contribution in [0, 0.1) is 23.7 Å². The monoisotopic (exact) mass is 642 g/mol.